The standard InChI is InChI=1S/C15H16N2O3/c1-9-13(18)16-8-4-7-12(16)15(20)11-6-3-2-5-10(11)14(19)17(9)15/h2-3,5-6,9,12,20H,4,7-8H2,1H3/t9-,12-,15-/m0/s1. The zero-order valence-corrected chi connectivity index (χ0v) is 11.2. The van der Waals surface area contributed by atoms with Gasteiger partial charge in [0.1, 0.15) is 6.04 Å². The quantitative estimate of drug-likeness (QED) is 0.755. The average Bonchev–Trinajstić information content (AvgIpc) is 3.02. The predicted molar refractivity (Wildman–Crippen MR) is 70.7 cm³/mol. The molecule has 2 amide bonds. The van der Waals surface area contributed by atoms with Gasteiger partial charge < -0.3 is 10.0 Å². The molecule has 1 aromatic rings. The van der Waals surface area contributed by atoms with Gasteiger partial charge in [-0.25, -0.2) is 0 Å². The van der Waals surface area contributed by atoms with Gasteiger partial charge in [0.2, 0.25) is 5.91 Å². The number of carbonyl (C=O) groups is 2. The number of nitrogens with zero attached hydrogens (tertiary/aromatic N) is 2. The summed E-state index contributed by atoms with van der Waals surface area (Å²) in [7, 11) is 0. The van der Waals surface area contributed by atoms with E-state index in [1.807, 2.05) is 6.07 Å². The molecule has 0 spiro atoms. The van der Waals surface area contributed by atoms with Crippen LogP contribution in [0.5, 0.6) is 0 Å². The molecule has 3 heterocycles. The van der Waals surface area contributed by atoms with Crippen LogP contribution in [0, 0.1) is 0 Å². The van der Waals surface area contributed by atoms with E-state index < -0.39 is 11.8 Å². The van der Waals surface area contributed by atoms with Crippen LogP contribution in [0.1, 0.15) is 35.7 Å². The van der Waals surface area contributed by atoms with Crippen molar-refractivity contribution in [2.45, 2.75) is 37.6 Å². The highest BCUT2D eigenvalue weighted by molar-refractivity contribution is 6.03. The van der Waals surface area contributed by atoms with Crippen LogP contribution < -0.4 is 0 Å². The number of hydrogen-bond acceptors (Lipinski definition) is 3. The Morgan fingerprint density at radius 2 is 2.05 bits per heavy atom. The maximum Gasteiger partial charge on any atom is 0.257 e. The summed E-state index contributed by atoms with van der Waals surface area (Å²) in [6.45, 7) is 2.37. The van der Waals surface area contributed by atoms with E-state index in [1.54, 1.807) is 30.0 Å². The number of aliphatic hydroxyl groups is 1. The van der Waals surface area contributed by atoms with E-state index in [2.05, 4.69) is 0 Å². The Morgan fingerprint density at radius 3 is 2.85 bits per heavy atom. The zero-order valence-electron chi connectivity index (χ0n) is 11.2. The largest absolute Gasteiger partial charge is 0.365 e. The van der Waals surface area contributed by atoms with E-state index in [-0.39, 0.29) is 17.9 Å². The smallest absolute Gasteiger partial charge is 0.257 e. The van der Waals surface area contributed by atoms with Crippen molar-refractivity contribution in [3.8, 4) is 0 Å². The van der Waals surface area contributed by atoms with Crippen molar-refractivity contribution < 1.29 is 14.7 Å². The molecule has 2 fully saturated rings. The maximum absolute atomic E-state index is 12.6. The first-order valence-electron chi connectivity index (χ1n) is 7.03. The molecular weight excluding hydrogens is 256 g/mol. The summed E-state index contributed by atoms with van der Waals surface area (Å²) < 4.78 is 0. The highest BCUT2D eigenvalue weighted by atomic mass is 16.3. The molecular formula is C15H16N2O3. The fourth-order valence-corrected chi connectivity index (χ4v) is 4.02. The molecule has 3 aliphatic rings. The lowest BCUT2D eigenvalue weighted by Crippen LogP contribution is -2.68. The summed E-state index contributed by atoms with van der Waals surface area (Å²) in [5.41, 5.74) is -0.207. The number of fused-ring (bicyclic) bond motifs is 5. The van der Waals surface area contributed by atoms with Crippen LogP contribution >= 0.6 is 0 Å². The van der Waals surface area contributed by atoms with Crippen LogP contribution in [0.3, 0.4) is 0 Å². The van der Waals surface area contributed by atoms with E-state index in [9.17, 15) is 14.7 Å². The van der Waals surface area contributed by atoms with Crippen LogP contribution in [0.25, 0.3) is 0 Å². The van der Waals surface area contributed by atoms with Gasteiger partial charge >= 0.3 is 0 Å². The topological polar surface area (TPSA) is 60.9 Å². The lowest BCUT2D eigenvalue weighted by molar-refractivity contribution is -0.190. The van der Waals surface area contributed by atoms with Crippen LogP contribution in [-0.4, -0.2) is 45.3 Å². The second-order valence-corrected chi connectivity index (χ2v) is 5.81. The summed E-state index contributed by atoms with van der Waals surface area (Å²) in [4.78, 5) is 28.1. The number of hydrogen-bond donors (Lipinski definition) is 1. The summed E-state index contributed by atoms with van der Waals surface area (Å²) in [5.74, 6) is -0.297. The predicted octanol–water partition coefficient (Wildman–Crippen LogP) is 0.681. The van der Waals surface area contributed by atoms with Gasteiger partial charge in [-0.05, 0) is 25.8 Å². The summed E-state index contributed by atoms with van der Waals surface area (Å²) in [6, 6.07) is 6.20. The number of piperazine rings is 1. The Labute approximate surface area is 116 Å². The van der Waals surface area contributed by atoms with Crippen LogP contribution in [-0.2, 0) is 10.5 Å². The van der Waals surface area contributed by atoms with E-state index in [0.29, 0.717) is 17.7 Å². The average molecular weight is 272 g/mol. The van der Waals surface area contributed by atoms with Gasteiger partial charge in [0.15, 0.2) is 5.72 Å². The molecule has 1 N–H and O–H groups in total. The number of amides is 2. The molecule has 0 aromatic heterocycles. The Bertz CT molecular complexity index is 629. The van der Waals surface area contributed by atoms with Crippen LogP contribution in [0.15, 0.2) is 24.3 Å². The minimum atomic E-state index is -1.36. The van der Waals surface area contributed by atoms with Crippen molar-refractivity contribution in [2.24, 2.45) is 0 Å². The number of rotatable bonds is 0. The van der Waals surface area contributed by atoms with E-state index >= 15 is 0 Å². The van der Waals surface area contributed by atoms with Crippen LogP contribution in [0.2, 0.25) is 0 Å². The van der Waals surface area contributed by atoms with Gasteiger partial charge in [-0.2, -0.15) is 0 Å². The minimum Gasteiger partial charge on any atom is -0.365 e. The zero-order chi connectivity index (χ0) is 14.1. The molecule has 1 aromatic carbocycles. The summed E-state index contributed by atoms with van der Waals surface area (Å²) in [5, 5.41) is 11.3. The van der Waals surface area contributed by atoms with Gasteiger partial charge in [-0.15, -0.1) is 0 Å². The van der Waals surface area contributed by atoms with Crippen molar-refractivity contribution in [1.82, 2.24) is 9.80 Å². The van der Waals surface area contributed by atoms with E-state index in [1.165, 1.54) is 4.90 Å². The van der Waals surface area contributed by atoms with Crippen molar-refractivity contribution in [3.63, 3.8) is 0 Å². The van der Waals surface area contributed by atoms with E-state index in [4.69, 9.17) is 0 Å². The Kier molecular flexibility index (Phi) is 2.15. The first kappa shape index (κ1) is 11.9. The number of carbonyl (C=O) groups excluding carboxylic acids is 2. The molecule has 5 heteroatoms. The first-order chi connectivity index (χ1) is 9.56. The molecule has 5 nitrogen and oxygen atoms in total. The fraction of sp³-hybridized carbons (Fsp3) is 0.467. The molecule has 104 valence electrons. The molecule has 0 bridgehead atoms. The first-order valence-corrected chi connectivity index (χ1v) is 7.03. The second kappa shape index (κ2) is 3.61. The minimum absolute atomic E-state index is 0.0571. The third-order valence-electron chi connectivity index (χ3n) is 4.89. The van der Waals surface area contributed by atoms with Crippen molar-refractivity contribution in [3.05, 3.63) is 35.4 Å². The van der Waals surface area contributed by atoms with Gasteiger partial charge in [0, 0.05) is 17.7 Å². The summed E-state index contributed by atoms with van der Waals surface area (Å²) >= 11 is 0. The van der Waals surface area contributed by atoms with Gasteiger partial charge in [-0.1, -0.05) is 18.2 Å². The van der Waals surface area contributed by atoms with Crippen molar-refractivity contribution in [1.29, 1.82) is 0 Å². The summed E-state index contributed by atoms with van der Waals surface area (Å²) in [6.07, 6.45) is 1.60. The van der Waals surface area contributed by atoms with Crippen molar-refractivity contribution >= 4 is 11.8 Å². The third-order valence-corrected chi connectivity index (χ3v) is 4.89. The normalized spacial score (nSPS) is 35.1. The fourth-order valence-electron chi connectivity index (χ4n) is 4.02. The monoisotopic (exact) mass is 272 g/mol. The van der Waals surface area contributed by atoms with Gasteiger partial charge in [-0.3, -0.25) is 14.5 Å². The Hall–Kier alpha value is -1.88. The molecule has 0 aliphatic carbocycles. The Morgan fingerprint density at radius 1 is 1.30 bits per heavy atom. The molecule has 3 atom stereocenters. The molecule has 0 saturated carbocycles. The lowest BCUT2D eigenvalue weighted by atomic mass is 9.89. The molecule has 2 saturated heterocycles. The van der Waals surface area contributed by atoms with Crippen LogP contribution in [0.4, 0.5) is 0 Å². The molecule has 0 radical (unpaired) electrons. The highest BCUT2D eigenvalue weighted by Gasteiger charge is 2.62. The second-order valence-electron chi connectivity index (χ2n) is 5.81. The third kappa shape index (κ3) is 1.13. The lowest BCUT2D eigenvalue weighted by Gasteiger charge is -2.50. The van der Waals surface area contributed by atoms with E-state index in [0.717, 1.165) is 12.8 Å². The van der Waals surface area contributed by atoms with Gasteiger partial charge in [0.25, 0.3) is 5.91 Å². The molecule has 0 unspecified atom stereocenters. The molecule has 4 rings (SSSR count). The molecule has 20 heavy (non-hydrogen) atoms. The number of benzene rings is 1. The SMILES string of the molecule is C[C@H]1C(=O)N2CCC[C@H]2[C@@]2(O)c3ccccc3C(=O)N12. The highest BCUT2D eigenvalue weighted by Crippen LogP contribution is 2.48. The molecule has 3 aliphatic heterocycles. The van der Waals surface area contributed by atoms with Gasteiger partial charge in [0.05, 0.1) is 6.04 Å². The van der Waals surface area contributed by atoms with Crippen molar-refractivity contribution in [2.75, 3.05) is 6.54 Å². The Balaban J connectivity index is 1.97. The maximum atomic E-state index is 12.6.